The second-order valence-electron chi connectivity index (χ2n) is 16.8. The third kappa shape index (κ3) is 5.01. The molecular formula is C56H41BN2Si. The molecule has 9 aromatic rings. The second-order valence-corrected chi connectivity index (χ2v) is 21.1. The highest BCUT2D eigenvalue weighted by atomic mass is 28.3. The van der Waals surface area contributed by atoms with Crippen molar-refractivity contribution in [3.63, 3.8) is 0 Å². The summed E-state index contributed by atoms with van der Waals surface area (Å²) in [5, 5.41) is 3.06. The van der Waals surface area contributed by atoms with E-state index in [0.717, 1.165) is 0 Å². The van der Waals surface area contributed by atoms with Gasteiger partial charge < -0.3 is 9.80 Å². The van der Waals surface area contributed by atoms with Gasteiger partial charge in [-0.15, -0.1) is 0 Å². The zero-order valence-corrected chi connectivity index (χ0v) is 34.7. The number of hydrogen-bond acceptors (Lipinski definition) is 2. The first kappa shape index (κ1) is 34.9. The van der Waals surface area contributed by atoms with E-state index < -0.39 is 8.07 Å². The Labute approximate surface area is 353 Å². The molecule has 0 saturated heterocycles. The number of para-hydroxylation sites is 2. The molecule has 0 radical (unpaired) electrons. The first-order valence-electron chi connectivity index (χ1n) is 21.1. The van der Waals surface area contributed by atoms with E-state index in [1.165, 1.54) is 105 Å². The van der Waals surface area contributed by atoms with Gasteiger partial charge in [0.15, 0.2) is 0 Å². The van der Waals surface area contributed by atoms with E-state index in [0.29, 0.717) is 0 Å². The van der Waals surface area contributed by atoms with E-state index in [-0.39, 0.29) is 6.71 Å². The van der Waals surface area contributed by atoms with Gasteiger partial charge in [0.2, 0.25) is 0 Å². The van der Waals surface area contributed by atoms with Crippen LogP contribution in [0.4, 0.5) is 34.1 Å². The van der Waals surface area contributed by atoms with E-state index in [2.05, 4.69) is 235 Å². The van der Waals surface area contributed by atoms with E-state index >= 15 is 0 Å². The standard InChI is InChI=1S/C56H41BN2Si/c1-60(2)50-36-18-34-48-53(50)57-52-46(58(48)55-42(38-20-7-3-8-21-38)28-15-29-43(55)39-22-9-4-10-23-39)32-17-33-47(52)59(49-35-19-37-51(60)54(49)57)56-44(40-24-11-5-12-25-40)30-16-31-45(56)41-26-13-6-14-27-41/h3-37H,1-2H3. The topological polar surface area (TPSA) is 6.48 Å². The van der Waals surface area contributed by atoms with Crippen LogP contribution >= 0.6 is 0 Å². The van der Waals surface area contributed by atoms with Crippen molar-refractivity contribution in [2.24, 2.45) is 0 Å². The Morgan fingerprint density at radius 3 is 0.917 bits per heavy atom. The minimum Gasteiger partial charge on any atom is -0.310 e. The molecule has 3 aliphatic heterocycles. The van der Waals surface area contributed by atoms with E-state index in [1.54, 1.807) is 0 Å². The summed E-state index contributed by atoms with van der Waals surface area (Å²) in [6.45, 7) is 5.23. The van der Waals surface area contributed by atoms with Gasteiger partial charge in [-0.3, -0.25) is 0 Å². The van der Waals surface area contributed by atoms with Crippen LogP contribution in [0.15, 0.2) is 212 Å². The van der Waals surface area contributed by atoms with Crippen LogP contribution in [0.1, 0.15) is 0 Å². The third-order valence-electron chi connectivity index (χ3n) is 13.3. The molecule has 4 heteroatoms. The second kappa shape index (κ2) is 13.5. The number of benzene rings is 9. The maximum Gasteiger partial charge on any atom is 0.251 e. The lowest BCUT2D eigenvalue weighted by Gasteiger charge is -2.50. The van der Waals surface area contributed by atoms with Crippen molar-refractivity contribution in [1.29, 1.82) is 0 Å². The summed E-state index contributed by atoms with van der Waals surface area (Å²) >= 11 is 0. The fourth-order valence-corrected chi connectivity index (χ4v) is 13.9. The molecule has 3 heterocycles. The Balaban J connectivity index is 1.23. The molecule has 0 saturated carbocycles. The molecule has 0 aromatic heterocycles. The van der Waals surface area contributed by atoms with Crippen LogP contribution < -0.4 is 36.6 Å². The fourth-order valence-electron chi connectivity index (χ4n) is 10.7. The number of rotatable bonds is 6. The van der Waals surface area contributed by atoms with Crippen molar-refractivity contribution in [1.82, 2.24) is 0 Å². The van der Waals surface area contributed by atoms with Crippen molar-refractivity contribution in [3.05, 3.63) is 212 Å². The highest BCUT2D eigenvalue weighted by Crippen LogP contribution is 2.52. The largest absolute Gasteiger partial charge is 0.310 e. The Bertz CT molecular complexity index is 2810. The summed E-state index contributed by atoms with van der Waals surface area (Å²) in [7, 11) is -2.24. The van der Waals surface area contributed by atoms with Crippen LogP contribution in [0.3, 0.4) is 0 Å². The van der Waals surface area contributed by atoms with Crippen LogP contribution in [0.25, 0.3) is 44.5 Å². The van der Waals surface area contributed by atoms with Gasteiger partial charge in [0.25, 0.3) is 6.71 Å². The molecule has 9 aromatic carbocycles. The van der Waals surface area contributed by atoms with Gasteiger partial charge in [-0.25, -0.2) is 0 Å². The monoisotopic (exact) mass is 780 g/mol. The quantitative estimate of drug-likeness (QED) is 0.155. The summed E-state index contributed by atoms with van der Waals surface area (Å²) in [5.74, 6) is 0. The number of anilines is 6. The summed E-state index contributed by atoms with van der Waals surface area (Å²) in [5.41, 5.74) is 21.4. The molecule has 60 heavy (non-hydrogen) atoms. The van der Waals surface area contributed by atoms with Gasteiger partial charge in [-0.1, -0.05) is 212 Å². The summed E-state index contributed by atoms with van der Waals surface area (Å²) in [6, 6.07) is 78.9. The van der Waals surface area contributed by atoms with Crippen LogP contribution in [-0.4, -0.2) is 14.8 Å². The summed E-state index contributed by atoms with van der Waals surface area (Å²) in [6.07, 6.45) is 0. The minimum atomic E-state index is -2.24. The predicted molar refractivity (Wildman–Crippen MR) is 259 cm³/mol. The third-order valence-corrected chi connectivity index (χ3v) is 16.8. The maximum absolute atomic E-state index is 2.64. The molecule has 0 spiro atoms. The van der Waals surface area contributed by atoms with Gasteiger partial charge >= 0.3 is 0 Å². The summed E-state index contributed by atoms with van der Waals surface area (Å²) in [4.78, 5) is 5.28. The Kier molecular flexibility index (Phi) is 7.82. The van der Waals surface area contributed by atoms with Gasteiger partial charge in [0, 0.05) is 45.0 Å². The fraction of sp³-hybridized carbons (Fsp3) is 0.0357. The maximum atomic E-state index is 2.64. The minimum absolute atomic E-state index is 0.0924. The van der Waals surface area contributed by atoms with Gasteiger partial charge in [-0.05, 0) is 62.9 Å². The highest BCUT2D eigenvalue weighted by Gasteiger charge is 2.52. The molecule has 2 nitrogen and oxygen atoms in total. The van der Waals surface area contributed by atoms with Crippen molar-refractivity contribution < 1.29 is 0 Å². The van der Waals surface area contributed by atoms with Crippen molar-refractivity contribution in [3.8, 4) is 44.5 Å². The van der Waals surface area contributed by atoms with Gasteiger partial charge in [0.05, 0.1) is 11.4 Å². The summed E-state index contributed by atoms with van der Waals surface area (Å²) < 4.78 is 0. The molecule has 282 valence electrons. The van der Waals surface area contributed by atoms with Crippen molar-refractivity contribution >= 4 is 75.7 Å². The SMILES string of the molecule is C[Si]1(C)c2cccc3c2B2c4c(cccc4N(c4c(-c5ccccc5)cccc4-c4ccccc4)c4cccc1c42)N3c1c(-c2ccccc2)cccc1-c1ccccc1. The van der Waals surface area contributed by atoms with Crippen LogP contribution in [0.5, 0.6) is 0 Å². The van der Waals surface area contributed by atoms with Crippen LogP contribution in [0, 0.1) is 0 Å². The molecule has 12 rings (SSSR count). The molecule has 3 aliphatic rings. The molecule has 0 bridgehead atoms. The Hall–Kier alpha value is -7.14. The zero-order chi connectivity index (χ0) is 40.0. The molecule has 0 N–H and O–H groups in total. The van der Waals surface area contributed by atoms with Crippen molar-refractivity contribution in [2.75, 3.05) is 9.80 Å². The van der Waals surface area contributed by atoms with E-state index in [4.69, 9.17) is 0 Å². The van der Waals surface area contributed by atoms with Gasteiger partial charge in [0.1, 0.15) is 8.07 Å². The van der Waals surface area contributed by atoms with Crippen LogP contribution in [-0.2, 0) is 0 Å². The zero-order valence-electron chi connectivity index (χ0n) is 33.7. The Morgan fingerprint density at radius 1 is 0.300 bits per heavy atom. The number of hydrogen-bond donors (Lipinski definition) is 0. The normalized spacial score (nSPS) is 13.9. The van der Waals surface area contributed by atoms with Crippen molar-refractivity contribution in [2.45, 2.75) is 13.1 Å². The first-order valence-corrected chi connectivity index (χ1v) is 24.1. The first-order chi connectivity index (χ1) is 29.6. The molecule has 0 fully saturated rings. The molecular weight excluding hydrogens is 740 g/mol. The van der Waals surface area contributed by atoms with Crippen LogP contribution in [0.2, 0.25) is 13.1 Å². The van der Waals surface area contributed by atoms with E-state index in [9.17, 15) is 0 Å². The van der Waals surface area contributed by atoms with E-state index in [1.807, 2.05) is 0 Å². The molecule has 0 unspecified atom stereocenters. The molecule has 0 amide bonds. The number of nitrogens with zero attached hydrogens (tertiary/aromatic N) is 2. The lowest BCUT2D eigenvalue weighted by molar-refractivity contribution is 1.25. The predicted octanol–water partition coefficient (Wildman–Crippen LogP) is 11.6. The lowest BCUT2D eigenvalue weighted by Crippen LogP contribution is -2.79. The molecule has 0 aliphatic carbocycles. The average molecular weight is 781 g/mol. The lowest BCUT2D eigenvalue weighted by atomic mass is 9.33. The average Bonchev–Trinajstić information content (AvgIpc) is 3.31. The molecule has 0 atom stereocenters. The Morgan fingerprint density at radius 2 is 0.583 bits per heavy atom. The smallest absolute Gasteiger partial charge is 0.251 e. The van der Waals surface area contributed by atoms with Gasteiger partial charge in [-0.2, -0.15) is 0 Å². The highest BCUT2D eigenvalue weighted by molar-refractivity contribution is 7.16.